The summed E-state index contributed by atoms with van der Waals surface area (Å²) in [5, 5.41) is 17.9. The van der Waals surface area contributed by atoms with Crippen LogP contribution in [0.5, 0.6) is 5.75 Å². The van der Waals surface area contributed by atoms with Crippen molar-refractivity contribution in [2.45, 2.75) is 25.6 Å². The van der Waals surface area contributed by atoms with Crippen molar-refractivity contribution in [2.24, 2.45) is 0 Å². The van der Waals surface area contributed by atoms with Crippen LogP contribution < -0.4 is 10.1 Å². The quantitative estimate of drug-likeness (QED) is 0.782. The molecule has 0 saturated heterocycles. The van der Waals surface area contributed by atoms with Gasteiger partial charge in [-0.25, -0.2) is 0 Å². The van der Waals surface area contributed by atoms with E-state index in [1.54, 1.807) is 18.3 Å². The summed E-state index contributed by atoms with van der Waals surface area (Å²) in [6.07, 6.45) is 3.06. The van der Waals surface area contributed by atoms with Crippen LogP contribution in [0.4, 0.5) is 0 Å². The second-order valence-corrected chi connectivity index (χ2v) is 5.34. The first-order valence-corrected chi connectivity index (χ1v) is 7.29. The van der Waals surface area contributed by atoms with Crippen molar-refractivity contribution >= 4 is 11.6 Å². The van der Waals surface area contributed by atoms with Gasteiger partial charge in [0, 0.05) is 25.0 Å². The Kier molecular flexibility index (Phi) is 6.04. The molecule has 2 rings (SSSR count). The Balaban J connectivity index is 1.67. The standard InChI is InChI=1S/C15H20ClN3O2/c1-12(10-19-8-4-7-18-19)17-9-13(20)11-21-15-6-3-2-5-14(15)16/h2-8,12-13,17,20H,9-11H2,1H3. The van der Waals surface area contributed by atoms with Gasteiger partial charge in [-0.05, 0) is 25.1 Å². The zero-order valence-electron chi connectivity index (χ0n) is 11.9. The topological polar surface area (TPSA) is 59.3 Å². The molecule has 2 aromatic rings. The molecule has 2 atom stereocenters. The Bertz CT molecular complexity index is 533. The molecule has 0 fully saturated rings. The van der Waals surface area contributed by atoms with E-state index in [-0.39, 0.29) is 12.6 Å². The van der Waals surface area contributed by atoms with Crippen molar-refractivity contribution in [3.8, 4) is 5.75 Å². The highest BCUT2D eigenvalue weighted by atomic mass is 35.5. The monoisotopic (exact) mass is 309 g/mol. The van der Waals surface area contributed by atoms with E-state index in [9.17, 15) is 5.11 Å². The molecule has 2 unspecified atom stereocenters. The van der Waals surface area contributed by atoms with Crippen LogP contribution in [0.15, 0.2) is 42.7 Å². The number of rotatable bonds is 8. The molecule has 0 saturated carbocycles. The van der Waals surface area contributed by atoms with E-state index < -0.39 is 6.10 Å². The van der Waals surface area contributed by atoms with E-state index in [0.29, 0.717) is 17.3 Å². The van der Waals surface area contributed by atoms with Crippen molar-refractivity contribution in [3.05, 3.63) is 47.7 Å². The average Bonchev–Trinajstić information content (AvgIpc) is 2.97. The lowest BCUT2D eigenvalue weighted by molar-refractivity contribution is 0.103. The highest BCUT2D eigenvalue weighted by Crippen LogP contribution is 2.22. The van der Waals surface area contributed by atoms with Crippen LogP contribution in [0.25, 0.3) is 0 Å². The molecule has 1 aromatic carbocycles. The van der Waals surface area contributed by atoms with Crippen molar-refractivity contribution < 1.29 is 9.84 Å². The first kappa shape index (κ1) is 15.8. The average molecular weight is 310 g/mol. The van der Waals surface area contributed by atoms with Gasteiger partial charge in [0.25, 0.3) is 0 Å². The van der Waals surface area contributed by atoms with E-state index in [4.69, 9.17) is 16.3 Å². The maximum absolute atomic E-state index is 9.92. The number of aliphatic hydroxyl groups excluding tert-OH is 1. The SMILES string of the molecule is CC(Cn1cccn1)NCC(O)COc1ccccc1Cl. The Morgan fingerprint density at radius 3 is 2.90 bits per heavy atom. The van der Waals surface area contributed by atoms with E-state index >= 15 is 0 Å². The van der Waals surface area contributed by atoms with Gasteiger partial charge in [-0.3, -0.25) is 4.68 Å². The predicted molar refractivity (Wildman–Crippen MR) is 82.6 cm³/mol. The number of para-hydroxylation sites is 1. The van der Waals surface area contributed by atoms with Gasteiger partial charge in [-0.2, -0.15) is 5.10 Å². The number of benzene rings is 1. The van der Waals surface area contributed by atoms with Crippen LogP contribution in [0, 0.1) is 0 Å². The number of halogens is 1. The largest absolute Gasteiger partial charge is 0.489 e. The van der Waals surface area contributed by atoms with Crippen LogP contribution in [0.3, 0.4) is 0 Å². The molecule has 5 nitrogen and oxygen atoms in total. The molecule has 0 aliphatic heterocycles. The van der Waals surface area contributed by atoms with Gasteiger partial charge in [-0.1, -0.05) is 23.7 Å². The fourth-order valence-corrected chi connectivity index (χ4v) is 2.09. The molecule has 114 valence electrons. The molecule has 0 aliphatic rings. The number of aliphatic hydroxyl groups is 1. The number of nitrogens with zero attached hydrogens (tertiary/aromatic N) is 2. The molecule has 21 heavy (non-hydrogen) atoms. The van der Waals surface area contributed by atoms with Crippen LogP contribution in [-0.2, 0) is 6.54 Å². The van der Waals surface area contributed by atoms with Gasteiger partial charge < -0.3 is 15.2 Å². The van der Waals surface area contributed by atoms with Crippen molar-refractivity contribution in [1.82, 2.24) is 15.1 Å². The molecular weight excluding hydrogens is 290 g/mol. The zero-order chi connectivity index (χ0) is 15.1. The summed E-state index contributed by atoms with van der Waals surface area (Å²) in [5.74, 6) is 0.586. The third kappa shape index (κ3) is 5.38. The molecule has 0 spiro atoms. The predicted octanol–water partition coefficient (Wildman–Crippen LogP) is 1.95. The third-order valence-corrected chi connectivity index (χ3v) is 3.30. The number of nitrogens with one attached hydrogen (secondary N) is 1. The summed E-state index contributed by atoms with van der Waals surface area (Å²) in [6.45, 7) is 3.45. The molecular formula is C15H20ClN3O2. The number of ether oxygens (including phenoxy) is 1. The Morgan fingerprint density at radius 1 is 1.38 bits per heavy atom. The highest BCUT2D eigenvalue weighted by Gasteiger charge is 2.09. The molecule has 1 heterocycles. The minimum atomic E-state index is -0.596. The fourth-order valence-electron chi connectivity index (χ4n) is 1.90. The van der Waals surface area contributed by atoms with Gasteiger partial charge in [0.05, 0.1) is 11.6 Å². The van der Waals surface area contributed by atoms with E-state index in [2.05, 4.69) is 10.4 Å². The summed E-state index contributed by atoms with van der Waals surface area (Å²) in [6, 6.07) is 9.32. The van der Waals surface area contributed by atoms with Crippen LogP contribution >= 0.6 is 11.6 Å². The van der Waals surface area contributed by atoms with Gasteiger partial charge in [0.2, 0.25) is 0 Å². The second-order valence-electron chi connectivity index (χ2n) is 4.93. The zero-order valence-corrected chi connectivity index (χ0v) is 12.7. The smallest absolute Gasteiger partial charge is 0.138 e. The van der Waals surface area contributed by atoms with Gasteiger partial charge >= 0.3 is 0 Å². The lowest BCUT2D eigenvalue weighted by Gasteiger charge is -2.18. The van der Waals surface area contributed by atoms with Crippen molar-refractivity contribution in [3.63, 3.8) is 0 Å². The van der Waals surface area contributed by atoms with Gasteiger partial charge in [-0.15, -0.1) is 0 Å². The Labute approximate surface area is 129 Å². The van der Waals surface area contributed by atoms with E-state index in [1.165, 1.54) is 0 Å². The molecule has 0 radical (unpaired) electrons. The van der Waals surface area contributed by atoms with E-state index in [1.807, 2.05) is 36.0 Å². The van der Waals surface area contributed by atoms with Crippen LogP contribution in [-0.4, -0.2) is 40.2 Å². The first-order chi connectivity index (χ1) is 10.1. The normalized spacial score (nSPS) is 13.9. The molecule has 2 N–H and O–H groups in total. The summed E-state index contributed by atoms with van der Waals surface area (Å²) in [5.41, 5.74) is 0. The highest BCUT2D eigenvalue weighted by molar-refractivity contribution is 6.32. The minimum Gasteiger partial charge on any atom is -0.489 e. The van der Waals surface area contributed by atoms with Gasteiger partial charge in [0.1, 0.15) is 18.5 Å². The molecule has 0 aliphatic carbocycles. The second kappa shape index (κ2) is 8.02. The maximum Gasteiger partial charge on any atom is 0.138 e. The van der Waals surface area contributed by atoms with Crippen LogP contribution in [0.2, 0.25) is 5.02 Å². The molecule has 0 bridgehead atoms. The van der Waals surface area contributed by atoms with Crippen molar-refractivity contribution in [1.29, 1.82) is 0 Å². The van der Waals surface area contributed by atoms with E-state index in [0.717, 1.165) is 6.54 Å². The maximum atomic E-state index is 9.92. The summed E-state index contributed by atoms with van der Waals surface area (Å²) in [4.78, 5) is 0. The summed E-state index contributed by atoms with van der Waals surface area (Å²) < 4.78 is 7.35. The summed E-state index contributed by atoms with van der Waals surface area (Å²) in [7, 11) is 0. The fraction of sp³-hybridized carbons (Fsp3) is 0.400. The number of hydrogen-bond acceptors (Lipinski definition) is 4. The third-order valence-electron chi connectivity index (χ3n) is 2.99. The Hall–Kier alpha value is -1.56. The first-order valence-electron chi connectivity index (χ1n) is 6.91. The van der Waals surface area contributed by atoms with Gasteiger partial charge in [0.15, 0.2) is 0 Å². The lowest BCUT2D eigenvalue weighted by atomic mass is 10.3. The molecule has 6 heteroatoms. The minimum absolute atomic E-state index is 0.200. The lowest BCUT2D eigenvalue weighted by Crippen LogP contribution is -2.38. The summed E-state index contributed by atoms with van der Waals surface area (Å²) >= 11 is 5.98. The molecule has 0 amide bonds. The Morgan fingerprint density at radius 2 is 2.19 bits per heavy atom. The molecule has 1 aromatic heterocycles. The number of aromatic nitrogens is 2. The van der Waals surface area contributed by atoms with Crippen LogP contribution in [0.1, 0.15) is 6.92 Å². The van der Waals surface area contributed by atoms with Crippen molar-refractivity contribution in [2.75, 3.05) is 13.2 Å². The number of hydrogen-bond donors (Lipinski definition) is 2.